The van der Waals surface area contributed by atoms with Gasteiger partial charge in [0.2, 0.25) is 0 Å². The molecule has 0 fully saturated rings. The first-order valence-electron chi connectivity index (χ1n) is 15.1. The number of imidazole rings is 1. The lowest BCUT2D eigenvalue weighted by Gasteiger charge is -2.16. The fourth-order valence-corrected chi connectivity index (χ4v) is 7.03. The van der Waals surface area contributed by atoms with Gasteiger partial charge in [0.25, 0.3) is 0 Å². The molecule has 10 rings (SSSR count). The number of nitrogens with zero attached hydrogens (tertiary/aromatic N) is 2. The third kappa shape index (κ3) is 3.45. The predicted molar refractivity (Wildman–Crippen MR) is 184 cm³/mol. The van der Waals surface area contributed by atoms with Gasteiger partial charge >= 0.3 is 0 Å². The molecule has 4 heteroatoms. The fraction of sp³-hybridized carbons (Fsp3) is 0. The minimum Gasteiger partial charge on any atom is -0.455 e. The molecule has 0 amide bonds. The summed E-state index contributed by atoms with van der Waals surface area (Å²) >= 11 is 0. The molecule has 0 aliphatic rings. The highest BCUT2D eigenvalue weighted by molar-refractivity contribution is 6.24. The normalized spacial score (nSPS) is 12.0. The Hall–Kier alpha value is -6.13. The van der Waals surface area contributed by atoms with Crippen molar-refractivity contribution in [2.24, 2.45) is 0 Å². The van der Waals surface area contributed by atoms with E-state index in [2.05, 4.69) is 114 Å². The van der Waals surface area contributed by atoms with Gasteiger partial charge in [-0.3, -0.25) is 4.57 Å². The average Bonchev–Trinajstić information content (AvgIpc) is 3.79. The van der Waals surface area contributed by atoms with E-state index in [0.717, 1.165) is 93.9 Å². The molecule has 0 atom stereocenters. The van der Waals surface area contributed by atoms with Crippen molar-refractivity contribution in [2.45, 2.75) is 0 Å². The van der Waals surface area contributed by atoms with Crippen LogP contribution in [0.3, 0.4) is 0 Å². The molecule has 0 saturated heterocycles. The summed E-state index contributed by atoms with van der Waals surface area (Å²) in [6.45, 7) is 0. The van der Waals surface area contributed by atoms with Crippen LogP contribution in [0.1, 0.15) is 0 Å². The van der Waals surface area contributed by atoms with Crippen molar-refractivity contribution in [1.29, 1.82) is 0 Å². The Kier molecular flexibility index (Phi) is 4.96. The number of para-hydroxylation sites is 4. The monoisotopic (exact) mass is 576 g/mol. The van der Waals surface area contributed by atoms with Gasteiger partial charge in [-0.25, -0.2) is 4.98 Å². The van der Waals surface area contributed by atoms with Crippen LogP contribution in [-0.4, -0.2) is 9.55 Å². The molecule has 0 radical (unpaired) electrons. The Morgan fingerprint density at radius 3 is 1.76 bits per heavy atom. The largest absolute Gasteiger partial charge is 0.455 e. The van der Waals surface area contributed by atoms with Crippen molar-refractivity contribution in [3.05, 3.63) is 146 Å². The van der Waals surface area contributed by atoms with Gasteiger partial charge in [-0.2, -0.15) is 0 Å². The Morgan fingerprint density at radius 2 is 1.04 bits per heavy atom. The van der Waals surface area contributed by atoms with Crippen LogP contribution in [-0.2, 0) is 0 Å². The quantitative estimate of drug-likeness (QED) is 0.210. The molecule has 0 unspecified atom stereocenters. The van der Waals surface area contributed by atoms with Gasteiger partial charge in [-0.1, -0.05) is 109 Å². The van der Waals surface area contributed by atoms with Crippen molar-refractivity contribution < 1.29 is 8.83 Å². The number of hydrogen-bond donors (Lipinski definition) is 0. The highest BCUT2D eigenvalue weighted by Gasteiger charge is 2.24. The number of benzene rings is 7. The maximum atomic E-state index is 6.65. The Bertz CT molecular complexity index is 2680. The number of aromatic nitrogens is 2. The molecule has 0 bridgehead atoms. The summed E-state index contributed by atoms with van der Waals surface area (Å²) in [6.07, 6.45) is 0. The van der Waals surface area contributed by atoms with Crippen LogP contribution in [0.15, 0.2) is 154 Å². The topological polar surface area (TPSA) is 44.1 Å². The summed E-state index contributed by atoms with van der Waals surface area (Å²) in [5, 5.41) is 6.59. The van der Waals surface area contributed by atoms with Crippen LogP contribution in [0.5, 0.6) is 0 Å². The molecule has 0 saturated carbocycles. The zero-order valence-corrected chi connectivity index (χ0v) is 24.1. The Morgan fingerprint density at radius 1 is 0.467 bits per heavy atom. The number of furan rings is 2. The molecule has 3 heterocycles. The van der Waals surface area contributed by atoms with E-state index in [1.165, 1.54) is 0 Å². The molecule has 10 aromatic rings. The summed E-state index contributed by atoms with van der Waals surface area (Å²) in [7, 11) is 0. The van der Waals surface area contributed by atoms with Crippen LogP contribution >= 0.6 is 0 Å². The van der Waals surface area contributed by atoms with Gasteiger partial charge < -0.3 is 8.83 Å². The Labute approximate surface area is 257 Å². The molecular formula is C41H24N2O2. The Balaban J connectivity index is 1.34. The maximum absolute atomic E-state index is 6.65. The van der Waals surface area contributed by atoms with Crippen molar-refractivity contribution in [1.82, 2.24) is 9.55 Å². The van der Waals surface area contributed by atoms with E-state index in [0.29, 0.717) is 0 Å². The highest BCUT2D eigenvalue weighted by Crippen LogP contribution is 2.47. The van der Waals surface area contributed by atoms with Crippen LogP contribution in [0.2, 0.25) is 0 Å². The lowest BCUT2D eigenvalue weighted by molar-refractivity contribution is 0.658. The second kappa shape index (κ2) is 9.18. The van der Waals surface area contributed by atoms with Crippen LogP contribution in [0.4, 0.5) is 0 Å². The van der Waals surface area contributed by atoms with Gasteiger partial charge in [0, 0.05) is 32.5 Å². The summed E-state index contributed by atoms with van der Waals surface area (Å²) in [5.41, 5.74) is 9.59. The van der Waals surface area contributed by atoms with Gasteiger partial charge in [0.05, 0.1) is 22.3 Å². The third-order valence-electron chi connectivity index (χ3n) is 9.01. The maximum Gasteiger partial charge on any atom is 0.147 e. The lowest BCUT2D eigenvalue weighted by Crippen LogP contribution is -1.99. The van der Waals surface area contributed by atoms with E-state index in [-0.39, 0.29) is 0 Å². The molecule has 45 heavy (non-hydrogen) atoms. The molecule has 210 valence electrons. The van der Waals surface area contributed by atoms with Crippen LogP contribution in [0.25, 0.3) is 93.9 Å². The highest BCUT2D eigenvalue weighted by atomic mass is 16.3. The van der Waals surface area contributed by atoms with E-state index in [9.17, 15) is 0 Å². The molecule has 0 N–H and O–H groups in total. The van der Waals surface area contributed by atoms with E-state index in [1.54, 1.807) is 0 Å². The van der Waals surface area contributed by atoms with Crippen molar-refractivity contribution in [2.75, 3.05) is 0 Å². The standard InChI is InChI=1S/C41H24N2O2/c1-2-12-25(13-3-1)41-42-33-18-8-9-19-35(33)43(41)34-23-22-30(26-14-4-5-15-27(26)34)38-39-31(28-16-6-10-20-36(28)44-39)24-32-29-17-7-11-21-37(29)45-40(32)38/h1-24H. The molecule has 0 aliphatic heterocycles. The number of fused-ring (bicyclic) bond motifs is 8. The third-order valence-corrected chi connectivity index (χ3v) is 9.01. The lowest BCUT2D eigenvalue weighted by atomic mass is 9.93. The molecule has 7 aromatic carbocycles. The van der Waals surface area contributed by atoms with E-state index < -0.39 is 0 Å². The summed E-state index contributed by atoms with van der Waals surface area (Å²) in [6, 6.07) is 50.5. The molecule has 4 nitrogen and oxygen atoms in total. The first-order valence-corrected chi connectivity index (χ1v) is 15.1. The zero-order valence-electron chi connectivity index (χ0n) is 24.1. The van der Waals surface area contributed by atoms with Gasteiger partial charge in [-0.15, -0.1) is 0 Å². The first-order chi connectivity index (χ1) is 22.3. The van der Waals surface area contributed by atoms with E-state index >= 15 is 0 Å². The van der Waals surface area contributed by atoms with Gasteiger partial charge in [-0.05, 0) is 47.3 Å². The fourth-order valence-electron chi connectivity index (χ4n) is 7.03. The van der Waals surface area contributed by atoms with Crippen molar-refractivity contribution in [3.8, 4) is 28.2 Å². The van der Waals surface area contributed by atoms with Crippen LogP contribution < -0.4 is 0 Å². The van der Waals surface area contributed by atoms with Crippen molar-refractivity contribution in [3.63, 3.8) is 0 Å². The number of rotatable bonds is 3. The smallest absolute Gasteiger partial charge is 0.147 e. The molecule has 0 spiro atoms. The minimum atomic E-state index is 0.832. The second-order valence-electron chi connectivity index (χ2n) is 11.5. The summed E-state index contributed by atoms with van der Waals surface area (Å²) < 4.78 is 15.6. The van der Waals surface area contributed by atoms with Crippen LogP contribution in [0, 0.1) is 0 Å². The molecule has 0 aliphatic carbocycles. The second-order valence-corrected chi connectivity index (χ2v) is 11.5. The zero-order chi connectivity index (χ0) is 29.5. The summed E-state index contributed by atoms with van der Waals surface area (Å²) in [4.78, 5) is 5.11. The summed E-state index contributed by atoms with van der Waals surface area (Å²) in [5.74, 6) is 0.911. The first kappa shape index (κ1) is 24.3. The molecule has 3 aromatic heterocycles. The number of hydrogen-bond acceptors (Lipinski definition) is 3. The average molecular weight is 577 g/mol. The minimum absolute atomic E-state index is 0.832. The predicted octanol–water partition coefficient (Wildman–Crippen LogP) is 11.3. The van der Waals surface area contributed by atoms with Gasteiger partial charge in [0.1, 0.15) is 28.2 Å². The van der Waals surface area contributed by atoms with Crippen molar-refractivity contribution >= 4 is 65.7 Å². The van der Waals surface area contributed by atoms with E-state index in [1.807, 2.05) is 36.4 Å². The van der Waals surface area contributed by atoms with Gasteiger partial charge in [0.15, 0.2) is 0 Å². The molecular weight excluding hydrogens is 552 g/mol. The van der Waals surface area contributed by atoms with E-state index in [4.69, 9.17) is 13.8 Å². The SMILES string of the molecule is c1ccc(-c2nc3ccccc3n2-c2ccc(-c3c4oc5ccccc5c4cc4c3oc3ccccc34)c3ccccc23)cc1.